The minimum Gasteiger partial charge on any atom is -0.117 e. The van der Waals surface area contributed by atoms with Crippen LogP contribution in [0.3, 0.4) is 0 Å². The molecule has 0 saturated carbocycles. The van der Waals surface area contributed by atoms with Crippen LogP contribution in [0.5, 0.6) is 0 Å². The van der Waals surface area contributed by atoms with Crippen LogP contribution in [0.1, 0.15) is 16.5 Å². The molecule has 0 aliphatic rings. The van der Waals surface area contributed by atoms with Gasteiger partial charge in [-0.3, -0.25) is 0 Å². The summed E-state index contributed by atoms with van der Waals surface area (Å²) in [5, 5.41) is 1.70. The molecule has 0 saturated heterocycles. The Morgan fingerprint density at radius 1 is 0.889 bits per heavy atom. The highest BCUT2D eigenvalue weighted by Crippen LogP contribution is 2.34. The van der Waals surface area contributed by atoms with Gasteiger partial charge < -0.3 is 0 Å². The fourth-order valence-corrected chi connectivity index (χ4v) is 2.77. The molecular formula is C14H10Cl4. The molecule has 1 atom stereocenters. The topological polar surface area (TPSA) is 0 Å². The first-order valence-electron chi connectivity index (χ1n) is 5.40. The molecule has 1 unspecified atom stereocenters. The number of alkyl halides is 1. The average molecular weight is 320 g/mol. The van der Waals surface area contributed by atoms with Gasteiger partial charge in [0.25, 0.3) is 0 Å². The molecule has 0 N–H and O–H groups in total. The van der Waals surface area contributed by atoms with Crippen molar-refractivity contribution in [2.45, 2.75) is 11.8 Å². The Kier molecular flexibility index (Phi) is 4.80. The molecule has 4 heteroatoms. The van der Waals surface area contributed by atoms with E-state index in [0.717, 1.165) is 11.1 Å². The van der Waals surface area contributed by atoms with Gasteiger partial charge in [0, 0.05) is 15.1 Å². The Bertz CT molecular complexity index is 551. The molecule has 0 radical (unpaired) electrons. The lowest BCUT2D eigenvalue weighted by Crippen LogP contribution is -1.97. The number of halogens is 4. The first-order chi connectivity index (χ1) is 8.58. The molecule has 0 heterocycles. The SMILES string of the molecule is Clc1ccc(Cl)c(C(Cl)Cc2ccccc2Cl)c1. The largest absolute Gasteiger partial charge is 0.117 e. The van der Waals surface area contributed by atoms with Gasteiger partial charge in [-0.05, 0) is 41.8 Å². The van der Waals surface area contributed by atoms with Gasteiger partial charge in [0.1, 0.15) is 0 Å². The van der Waals surface area contributed by atoms with Crippen molar-refractivity contribution >= 4 is 46.4 Å². The highest BCUT2D eigenvalue weighted by atomic mass is 35.5. The predicted octanol–water partition coefficient (Wildman–Crippen LogP) is 6.17. The van der Waals surface area contributed by atoms with Crippen LogP contribution in [0, 0.1) is 0 Å². The van der Waals surface area contributed by atoms with Gasteiger partial charge in [-0.1, -0.05) is 53.0 Å². The average Bonchev–Trinajstić information content (AvgIpc) is 2.35. The van der Waals surface area contributed by atoms with Crippen molar-refractivity contribution in [3.05, 3.63) is 68.7 Å². The molecule has 0 aliphatic carbocycles. The molecule has 0 aromatic heterocycles. The number of rotatable bonds is 3. The van der Waals surface area contributed by atoms with Gasteiger partial charge in [-0.25, -0.2) is 0 Å². The van der Waals surface area contributed by atoms with E-state index in [0.29, 0.717) is 21.5 Å². The van der Waals surface area contributed by atoms with Crippen LogP contribution in [0.4, 0.5) is 0 Å². The molecule has 2 aromatic carbocycles. The number of hydrogen-bond acceptors (Lipinski definition) is 0. The maximum atomic E-state index is 6.39. The zero-order valence-electron chi connectivity index (χ0n) is 9.34. The predicted molar refractivity (Wildman–Crippen MR) is 80.2 cm³/mol. The Hall–Kier alpha value is -0.400. The van der Waals surface area contributed by atoms with Crippen LogP contribution in [0.25, 0.3) is 0 Å². The summed E-state index contributed by atoms with van der Waals surface area (Å²) in [7, 11) is 0. The summed E-state index contributed by atoms with van der Waals surface area (Å²) in [5.41, 5.74) is 1.82. The smallest absolute Gasteiger partial charge is 0.0641 e. The van der Waals surface area contributed by atoms with E-state index in [1.54, 1.807) is 18.2 Å². The van der Waals surface area contributed by atoms with Crippen molar-refractivity contribution < 1.29 is 0 Å². The van der Waals surface area contributed by atoms with E-state index in [9.17, 15) is 0 Å². The van der Waals surface area contributed by atoms with Crippen LogP contribution in [-0.4, -0.2) is 0 Å². The summed E-state index contributed by atoms with van der Waals surface area (Å²) in [6.07, 6.45) is 0.612. The molecule has 2 rings (SSSR count). The first-order valence-corrected chi connectivity index (χ1v) is 6.97. The van der Waals surface area contributed by atoms with Crippen molar-refractivity contribution in [2.24, 2.45) is 0 Å². The minimum atomic E-state index is -0.254. The molecule has 0 bridgehead atoms. The van der Waals surface area contributed by atoms with Gasteiger partial charge in [0.2, 0.25) is 0 Å². The van der Waals surface area contributed by atoms with E-state index in [-0.39, 0.29) is 5.38 Å². The van der Waals surface area contributed by atoms with Crippen LogP contribution < -0.4 is 0 Å². The van der Waals surface area contributed by atoms with Crippen LogP contribution in [-0.2, 0) is 6.42 Å². The maximum Gasteiger partial charge on any atom is 0.0641 e. The molecule has 0 aliphatic heterocycles. The van der Waals surface area contributed by atoms with Gasteiger partial charge in [0.05, 0.1) is 5.38 Å². The van der Waals surface area contributed by atoms with E-state index in [4.69, 9.17) is 46.4 Å². The van der Waals surface area contributed by atoms with Crippen molar-refractivity contribution in [2.75, 3.05) is 0 Å². The van der Waals surface area contributed by atoms with Gasteiger partial charge in [-0.15, -0.1) is 11.6 Å². The third-order valence-corrected chi connectivity index (χ3v) is 3.99. The highest BCUT2D eigenvalue weighted by molar-refractivity contribution is 6.35. The third-order valence-electron chi connectivity index (χ3n) is 2.65. The lowest BCUT2D eigenvalue weighted by atomic mass is 10.0. The minimum absolute atomic E-state index is 0.254. The summed E-state index contributed by atoms with van der Waals surface area (Å²) < 4.78 is 0. The fraction of sp³-hybridized carbons (Fsp3) is 0.143. The molecule has 18 heavy (non-hydrogen) atoms. The maximum absolute atomic E-state index is 6.39. The monoisotopic (exact) mass is 318 g/mol. The van der Waals surface area contributed by atoms with Crippen molar-refractivity contribution in [3.8, 4) is 0 Å². The summed E-state index contributed by atoms with van der Waals surface area (Å²) in [6.45, 7) is 0. The van der Waals surface area contributed by atoms with E-state index in [2.05, 4.69) is 0 Å². The summed E-state index contributed by atoms with van der Waals surface area (Å²) >= 11 is 24.6. The fourth-order valence-electron chi connectivity index (χ4n) is 1.72. The molecule has 94 valence electrons. The zero-order chi connectivity index (χ0) is 13.1. The number of benzene rings is 2. The van der Waals surface area contributed by atoms with Crippen LogP contribution in [0.15, 0.2) is 42.5 Å². The Morgan fingerprint density at radius 3 is 2.33 bits per heavy atom. The molecule has 0 spiro atoms. The van der Waals surface area contributed by atoms with Gasteiger partial charge >= 0.3 is 0 Å². The molecule has 0 fully saturated rings. The zero-order valence-corrected chi connectivity index (χ0v) is 12.4. The van der Waals surface area contributed by atoms with E-state index >= 15 is 0 Å². The molecular weight excluding hydrogens is 310 g/mol. The van der Waals surface area contributed by atoms with Crippen molar-refractivity contribution in [3.63, 3.8) is 0 Å². The van der Waals surface area contributed by atoms with Crippen molar-refractivity contribution in [1.29, 1.82) is 0 Å². The second-order valence-corrected chi connectivity index (χ2v) is 5.71. The lowest BCUT2D eigenvalue weighted by molar-refractivity contribution is 0.920. The Balaban J connectivity index is 2.25. The standard InChI is InChI=1S/C14H10Cl4/c15-10-5-6-13(17)11(8-10)14(18)7-9-3-1-2-4-12(9)16/h1-6,8,14H,7H2. The van der Waals surface area contributed by atoms with Crippen LogP contribution in [0.2, 0.25) is 15.1 Å². The molecule has 0 nitrogen and oxygen atoms in total. The van der Waals surface area contributed by atoms with Crippen LogP contribution >= 0.6 is 46.4 Å². The van der Waals surface area contributed by atoms with Gasteiger partial charge in [0.15, 0.2) is 0 Å². The number of hydrogen-bond donors (Lipinski definition) is 0. The lowest BCUT2D eigenvalue weighted by Gasteiger charge is -2.13. The van der Waals surface area contributed by atoms with E-state index in [1.807, 2.05) is 24.3 Å². The molecule has 2 aromatic rings. The molecule has 0 amide bonds. The van der Waals surface area contributed by atoms with Crippen molar-refractivity contribution in [1.82, 2.24) is 0 Å². The Morgan fingerprint density at radius 2 is 1.61 bits per heavy atom. The Labute approximate surface area is 126 Å². The second kappa shape index (κ2) is 6.16. The quantitative estimate of drug-likeness (QED) is 0.593. The normalized spacial score (nSPS) is 12.4. The highest BCUT2D eigenvalue weighted by Gasteiger charge is 2.14. The summed E-state index contributed by atoms with van der Waals surface area (Å²) in [6, 6.07) is 12.9. The van der Waals surface area contributed by atoms with E-state index in [1.165, 1.54) is 0 Å². The summed E-state index contributed by atoms with van der Waals surface area (Å²) in [4.78, 5) is 0. The van der Waals surface area contributed by atoms with Gasteiger partial charge in [-0.2, -0.15) is 0 Å². The van der Waals surface area contributed by atoms with E-state index < -0.39 is 0 Å². The third kappa shape index (κ3) is 3.33. The summed E-state index contributed by atoms with van der Waals surface area (Å²) in [5.74, 6) is 0. The first kappa shape index (κ1) is 14.0. The second-order valence-electron chi connectivity index (χ2n) is 3.93.